The van der Waals surface area contributed by atoms with Gasteiger partial charge in [0.1, 0.15) is 10.8 Å². The SMILES string of the molecule is Cc1cc(O)c(Cl)c(O)c1C(=O)N1CCCCC1CCO. The van der Waals surface area contributed by atoms with Crippen LogP contribution in [-0.2, 0) is 0 Å². The third-order valence-electron chi connectivity index (χ3n) is 3.98. The number of likely N-dealkylation sites (tertiary alicyclic amines) is 1. The summed E-state index contributed by atoms with van der Waals surface area (Å²) < 4.78 is 0. The van der Waals surface area contributed by atoms with Gasteiger partial charge in [-0.15, -0.1) is 0 Å². The van der Waals surface area contributed by atoms with Crippen molar-refractivity contribution < 1.29 is 20.1 Å². The van der Waals surface area contributed by atoms with Crippen LogP contribution < -0.4 is 0 Å². The number of halogens is 1. The van der Waals surface area contributed by atoms with E-state index in [9.17, 15) is 15.0 Å². The van der Waals surface area contributed by atoms with Gasteiger partial charge in [-0.2, -0.15) is 0 Å². The Balaban J connectivity index is 2.37. The summed E-state index contributed by atoms with van der Waals surface area (Å²) in [4.78, 5) is 14.4. The molecular formula is C15H20ClNO4. The molecule has 0 radical (unpaired) electrons. The molecule has 1 heterocycles. The van der Waals surface area contributed by atoms with Crippen molar-refractivity contribution in [3.05, 3.63) is 22.2 Å². The van der Waals surface area contributed by atoms with Crippen molar-refractivity contribution >= 4 is 17.5 Å². The molecule has 2 rings (SSSR count). The molecule has 0 spiro atoms. The van der Waals surface area contributed by atoms with E-state index in [0.29, 0.717) is 18.5 Å². The average Bonchev–Trinajstić information content (AvgIpc) is 2.45. The fourth-order valence-electron chi connectivity index (χ4n) is 2.89. The number of aliphatic hydroxyl groups is 1. The van der Waals surface area contributed by atoms with Gasteiger partial charge in [0.2, 0.25) is 0 Å². The summed E-state index contributed by atoms with van der Waals surface area (Å²) in [7, 11) is 0. The molecule has 3 N–H and O–H groups in total. The number of aryl methyl sites for hydroxylation is 1. The second-order valence-electron chi connectivity index (χ2n) is 5.41. The van der Waals surface area contributed by atoms with Gasteiger partial charge in [0.05, 0.1) is 5.56 Å². The topological polar surface area (TPSA) is 81.0 Å². The first-order valence-corrected chi connectivity index (χ1v) is 7.48. The van der Waals surface area contributed by atoms with Gasteiger partial charge in [0.25, 0.3) is 5.91 Å². The third-order valence-corrected chi connectivity index (χ3v) is 4.35. The van der Waals surface area contributed by atoms with Gasteiger partial charge in [-0.25, -0.2) is 0 Å². The minimum Gasteiger partial charge on any atom is -0.506 e. The molecule has 1 amide bonds. The van der Waals surface area contributed by atoms with Gasteiger partial charge in [0, 0.05) is 19.2 Å². The summed E-state index contributed by atoms with van der Waals surface area (Å²) in [5.74, 6) is -0.925. The Morgan fingerprint density at radius 1 is 1.43 bits per heavy atom. The molecule has 1 atom stereocenters. The Hall–Kier alpha value is -1.46. The molecule has 0 aromatic heterocycles. The molecule has 6 heteroatoms. The molecule has 5 nitrogen and oxygen atoms in total. The Morgan fingerprint density at radius 2 is 2.14 bits per heavy atom. The third kappa shape index (κ3) is 3.09. The second kappa shape index (κ2) is 6.54. The number of aromatic hydroxyl groups is 2. The maximum atomic E-state index is 12.7. The zero-order valence-electron chi connectivity index (χ0n) is 12.0. The largest absolute Gasteiger partial charge is 0.506 e. The highest BCUT2D eigenvalue weighted by Gasteiger charge is 2.30. The van der Waals surface area contributed by atoms with Crippen molar-refractivity contribution in [1.29, 1.82) is 0 Å². The van der Waals surface area contributed by atoms with Gasteiger partial charge in [-0.3, -0.25) is 4.79 Å². The number of carbonyl (C=O) groups excluding carboxylic acids is 1. The van der Waals surface area contributed by atoms with Gasteiger partial charge >= 0.3 is 0 Å². The molecule has 1 unspecified atom stereocenters. The van der Waals surface area contributed by atoms with Crippen LogP contribution in [0.5, 0.6) is 11.5 Å². The highest BCUT2D eigenvalue weighted by molar-refractivity contribution is 6.34. The standard InChI is InChI=1S/C15H20ClNO4/c1-9-8-11(19)13(16)14(20)12(9)15(21)17-6-3-2-4-10(17)5-7-18/h8,10,18-20H,2-7H2,1H3. The van der Waals surface area contributed by atoms with Crippen molar-refractivity contribution in [2.24, 2.45) is 0 Å². The van der Waals surface area contributed by atoms with Crippen molar-refractivity contribution in [3.8, 4) is 11.5 Å². The van der Waals surface area contributed by atoms with Gasteiger partial charge in [-0.1, -0.05) is 11.6 Å². The molecule has 0 saturated carbocycles. The van der Waals surface area contributed by atoms with Crippen LogP contribution in [0.4, 0.5) is 0 Å². The lowest BCUT2D eigenvalue weighted by atomic mass is 9.97. The van der Waals surface area contributed by atoms with Crippen molar-refractivity contribution in [3.63, 3.8) is 0 Å². The minimum absolute atomic E-state index is 0.0236. The quantitative estimate of drug-likeness (QED) is 0.800. The van der Waals surface area contributed by atoms with E-state index in [1.165, 1.54) is 6.07 Å². The number of piperidine rings is 1. The molecular weight excluding hydrogens is 294 g/mol. The van der Waals surface area contributed by atoms with E-state index in [1.54, 1.807) is 11.8 Å². The number of benzene rings is 1. The van der Waals surface area contributed by atoms with E-state index in [1.807, 2.05) is 0 Å². The predicted molar refractivity (Wildman–Crippen MR) is 79.9 cm³/mol. The maximum absolute atomic E-state index is 12.7. The number of aliphatic hydroxyl groups excluding tert-OH is 1. The Bertz CT molecular complexity index is 545. The number of hydrogen-bond donors (Lipinski definition) is 3. The number of phenolic OH excluding ortho intramolecular Hbond substituents is 2. The molecule has 1 aliphatic rings. The van der Waals surface area contributed by atoms with Crippen molar-refractivity contribution in [1.82, 2.24) is 4.90 Å². The van der Waals surface area contributed by atoms with Crippen molar-refractivity contribution in [2.75, 3.05) is 13.2 Å². The normalized spacial score (nSPS) is 18.8. The molecule has 1 saturated heterocycles. The van der Waals surface area contributed by atoms with Crippen LogP contribution in [0.15, 0.2) is 6.07 Å². The lowest BCUT2D eigenvalue weighted by Crippen LogP contribution is -2.44. The number of hydrogen-bond acceptors (Lipinski definition) is 4. The monoisotopic (exact) mass is 313 g/mol. The first kappa shape index (κ1) is 15.9. The minimum atomic E-state index is -0.382. The van der Waals surface area contributed by atoms with Crippen LogP contribution in [0.3, 0.4) is 0 Å². The highest BCUT2D eigenvalue weighted by Crippen LogP contribution is 2.38. The summed E-state index contributed by atoms with van der Waals surface area (Å²) in [6, 6.07) is 1.35. The van der Waals surface area contributed by atoms with Gasteiger partial charge < -0.3 is 20.2 Å². The Labute approximate surface area is 128 Å². The fraction of sp³-hybridized carbons (Fsp3) is 0.533. The number of carbonyl (C=O) groups is 1. The Kier molecular flexibility index (Phi) is 4.96. The molecule has 1 aromatic carbocycles. The first-order valence-electron chi connectivity index (χ1n) is 7.10. The van der Waals surface area contributed by atoms with Crippen molar-refractivity contribution in [2.45, 2.75) is 38.6 Å². The average molecular weight is 314 g/mol. The number of rotatable bonds is 3. The second-order valence-corrected chi connectivity index (χ2v) is 5.79. The molecule has 1 fully saturated rings. The summed E-state index contributed by atoms with van der Waals surface area (Å²) in [5, 5.41) is 28.6. The van der Waals surface area contributed by atoms with Crippen LogP contribution >= 0.6 is 11.6 Å². The Morgan fingerprint density at radius 3 is 2.81 bits per heavy atom. The molecule has 0 aliphatic carbocycles. The number of amides is 1. The predicted octanol–water partition coefficient (Wildman–Crippen LogP) is 2.44. The van der Waals surface area contributed by atoms with E-state index in [0.717, 1.165) is 19.3 Å². The van der Waals surface area contributed by atoms with E-state index in [4.69, 9.17) is 16.7 Å². The summed E-state index contributed by atoms with van der Waals surface area (Å²) in [6.07, 6.45) is 3.30. The number of nitrogens with zero attached hydrogens (tertiary/aromatic N) is 1. The van der Waals surface area contributed by atoms with E-state index in [2.05, 4.69) is 0 Å². The first-order chi connectivity index (χ1) is 9.97. The van der Waals surface area contributed by atoms with Crippen LogP contribution in [0.2, 0.25) is 5.02 Å². The van der Waals surface area contributed by atoms with E-state index in [-0.39, 0.29) is 40.6 Å². The lowest BCUT2D eigenvalue weighted by Gasteiger charge is -2.36. The van der Waals surface area contributed by atoms with E-state index >= 15 is 0 Å². The van der Waals surface area contributed by atoms with Crippen LogP contribution in [0.25, 0.3) is 0 Å². The summed E-state index contributed by atoms with van der Waals surface area (Å²) >= 11 is 5.82. The molecule has 21 heavy (non-hydrogen) atoms. The van der Waals surface area contributed by atoms with Gasteiger partial charge in [-0.05, 0) is 44.2 Å². The smallest absolute Gasteiger partial charge is 0.258 e. The van der Waals surface area contributed by atoms with Crippen LogP contribution in [0, 0.1) is 6.92 Å². The van der Waals surface area contributed by atoms with Crippen LogP contribution in [-0.4, -0.2) is 45.3 Å². The van der Waals surface area contributed by atoms with Crippen LogP contribution in [0.1, 0.15) is 41.6 Å². The summed E-state index contributed by atoms with van der Waals surface area (Å²) in [5.41, 5.74) is 0.607. The lowest BCUT2D eigenvalue weighted by molar-refractivity contribution is 0.0571. The summed E-state index contributed by atoms with van der Waals surface area (Å²) in [6.45, 7) is 2.27. The number of phenols is 2. The molecule has 116 valence electrons. The van der Waals surface area contributed by atoms with Gasteiger partial charge in [0.15, 0.2) is 5.75 Å². The van der Waals surface area contributed by atoms with E-state index < -0.39 is 0 Å². The molecule has 1 aromatic rings. The zero-order valence-corrected chi connectivity index (χ0v) is 12.7. The fourth-order valence-corrected chi connectivity index (χ4v) is 3.04. The molecule has 0 bridgehead atoms. The zero-order chi connectivity index (χ0) is 15.6. The molecule has 1 aliphatic heterocycles. The maximum Gasteiger partial charge on any atom is 0.258 e. The highest BCUT2D eigenvalue weighted by atomic mass is 35.5.